The molecule has 4 heteroatoms. The van der Waals surface area contributed by atoms with Crippen LogP contribution in [-0.4, -0.2) is 22.1 Å². The zero-order valence-electron chi connectivity index (χ0n) is 11.9. The molecule has 4 nitrogen and oxygen atoms in total. The third-order valence-electron chi connectivity index (χ3n) is 3.56. The van der Waals surface area contributed by atoms with Crippen LogP contribution in [0.5, 0.6) is 0 Å². The van der Waals surface area contributed by atoms with Crippen molar-refractivity contribution >= 4 is 16.6 Å². The Bertz CT molecular complexity index is 743. The van der Waals surface area contributed by atoms with Gasteiger partial charge >= 0.3 is 0 Å². The van der Waals surface area contributed by atoms with Gasteiger partial charge < -0.3 is 10.0 Å². The summed E-state index contributed by atoms with van der Waals surface area (Å²) in [6.07, 6.45) is 5.34. The molecule has 0 atom stereocenters. The van der Waals surface area contributed by atoms with Crippen molar-refractivity contribution in [2.75, 3.05) is 11.9 Å². The molecule has 0 aliphatic heterocycles. The van der Waals surface area contributed by atoms with Crippen molar-refractivity contribution in [3.8, 4) is 0 Å². The van der Waals surface area contributed by atoms with Gasteiger partial charge in [-0.3, -0.25) is 4.98 Å². The number of fused-ring (bicyclic) bond motifs is 1. The molecule has 106 valence electrons. The van der Waals surface area contributed by atoms with Crippen LogP contribution >= 0.6 is 0 Å². The lowest BCUT2D eigenvalue weighted by Gasteiger charge is -2.20. The summed E-state index contributed by atoms with van der Waals surface area (Å²) in [5, 5.41) is 11.5. The monoisotopic (exact) mass is 279 g/mol. The SMILES string of the molecule is CN(Cc1ccncc1)c1ncc(CO)c2ccccc12. The van der Waals surface area contributed by atoms with Crippen LogP contribution in [0.25, 0.3) is 10.8 Å². The minimum atomic E-state index is 0.00185. The average Bonchev–Trinajstić information content (AvgIpc) is 2.54. The van der Waals surface area contributed by atoms with E-state index in [1.165, 1.54) is 5.56 Å². The van der Waals surface area contributed by atoms with Gasteiger partial charge in [-0.25, -0.2) is 4.98 Å². The molecule has 0 bridgehead atoms. The molecule has 0 amide bonds. The second kappa shape index (κ2) is 5.89. The fourth-order valence-corrected chi connectivity index (χ4v) is 2.50. The fourth-order valence-electron chi connectivity index (χ4n) is 2.50. The summed E-state index contributed by atoms with van der Waals surface area (Å²) in [5.74, 6) is 0.916. The van der Waals surface area contributed by atoms with Gasteiger partial charge in [-0.05, 0) is 23.1 Å². The summed E-state index contributed by atoms with van der Waals surface area (Å²) < 4.78 is 0. The number of aliphatic hydroxyl groups excluding tert-OH is 1. The first-order chi connectivity index (χ1) is 10.3. The third-order valence-corrected chi connectivity index (χ3v) is 3.56. The van der Waals surface area contributed by atoms with Gasteiger partial charge in [-0.1, -0.05) is 24.3 Å². The van der Waals surface area contributed by atoms with E-state index < -0.39 is 0 Å². The Morgan fingerprint density at radius 2 is 1.76 bits per heavy atom. The number of hydrogen-bond acceptors (Lipinski definition) is 4. The van der Waals surface area contributed by atoms with Gasteiger partial charge in [0.1, 0.15) is 5.82 Å². The van der Waals surface area contributed by atoms with Gasteiger partial charge in [-0.15, -0.1) is 0 Å². The average molecular weight is 279 g/mol. The minimum absolute atomic E-state index is 0.00185. The maximum absolute atomic E-state index is 9.44. The minimum Gasteiger partial charge on any atom is -0.392 e. The highest BCUT2D eigenvalue weighted by Gasteiger charge is 2.10. The zero-order valence-corrected chi connectivity index (χ0v) is 11.9. The highest BCUT2D eigenvalue weighted by atomic mass is 16.3. The number of aliphatic hydroxyl groups is 1. The largest absolute Gasteiger partial charge is 0.392 e. The summed E-state index contributed by atoms with van der Waals surface area (Å²) in [4.78, 5) is 10.7. The lowest BCUT2D eigenvalue weighted by atomic mass is 10.1. The highest BCUT2D eigenvalue weighted by molar-refractivity contribution is 5.94. The van der Waals surface area contributed by atoms with Crippen LogP contribution in [0.4, 0.5) is 5.82 Å². The van der Waals surface area contributed by atoms with Crippen LogP contribution in [0.15, 0.2) is 55.0 Å². The molecule has 0 aliphatic carbocycles. The molecule has 3 aromatic rings. The highest BCUT2D eigenvalue weighted by Crippen LogP contribution is 2.27. The molecule has 0 saturated heterocycles. The predicted molar refractivity (Wildman–Crippen MR) is 84.0 cm³/mol. The van der Waals surface area contributed by atoms with Gasteiger partial charge in [0.2, 0.25) is 0 Å². The second-order valence-corrected chi connectivity index (χ2v) is 5.02. The maximum Gasteiger partial charge on any atom is 0.136 e. The fraction of sp³-hybridized carbons (Fsp3) is 0.176. The van der Waals surface area contributed by atoms with E-state index in [2.05, 4.69) is 14.9 Å². The first-order valence-electron chi connectivity index (χ1n) is 6.87. The molecule has 0 spiro atoms. The standard InChI is InChI=1S/C17H17N3O/c1-20(11-13-6-8-18-9-7-13)17-16-5-3-2-4-15(16)14(12-21)10-19-17/h2-10,21H,11-12H2,1H3. The summed E-state index contributed by atoms with van der Waals surface area (Å²) in [6.45, 7) is 0.764. The lowest BCUT2D eigenvalue weighted by Crippen LogP contribution is -2.18. The molecule has 0 fully saturated rings. The van der Waals surface area contributed by atoms with E-state index in [-0.39, 0.29) is 6.61 Å². The Kier molecular flexibility index (Phi) is 3.79. The Labute approximate surface area is 123 Å². The number of benzene rings is 1. The van der Waals surface area contributed by atoms with Gasteiger partial charge in [-0.2, -0.15) is 0 Å². The van der Waals surface area contributed by atoms with Gasteiger partial charge in [0, 0.05) is 43.1 Å². The number of nitrogens with zero attached hydrogens (tertiary/aromatic N) is 3. The zero-order chi connectivity index (χ0) is 14.7. The Balaban J connectivity index is 2.00. The Hall–Kier alpha value is -2.46. The van der Waals surface area contributed by atoms with Crippen molar-refractivity contribution in [2.45, 2.75) is 13.2 Å². The molecular formula is C17H17N3O. The summed E-state index contributed by atoms with van der Waals surface area (Å²) >= 11 is 0. The topological polar surface area (TPSA) is 49.2 Å². The summed E-state index contributed by atoms with van der Waals surface area (Å²) in [6, 6.07) is 12.0. The molecule has 2 heterocycles. The van der Waals surface area contributed by atoms with Crippen molar-refractivity contribution in [2.24, 2.45) is 0 Å². The van der Waals surface area contributed by atoms with E-state index in [1.54, 1.807) is 18.6 Å². The van der Waals surface area contributed by atoms with Crippen LogP contribution in [0, 0.1) is 0 Å². The normalized spacial score (nSPS) is 10.8. The molecule has 0 unspecified atom stereocenters. The number of rotatable bonds is 4. The molecule has 3 rings (SSSR count). The number of pyridine rings is 2. The van der Waals surface area contributed by atoms with Crippen LogP contribution < -0.4 is 4.90 Å². The predicted octanol–water partition coefficient (Wildman–Crippen LogP) is 2.76. The molecular weight excluding hydrogens is 262 g/mol. The molecule has 0 saturated carbocycles. The molecule has 2 aromatic heterocycles. The molecule has 1 N–H and O–H groups in total. The van der Waals surface area contributed by atoms with Crippen LogP contribution in [0.3, 0.4) is 0 Å². The van der Waals surface area contributed by atoms with Crippen molar-refractivity contribution in [1.82, 2.24) is 9.97 Å². The van der Waals surface area contributed by atoms with E-state index in [0.29, 0.717) is 0 Å². The van der Waals surface area contributed by atoms with Crippen molar-refractivity contribution < 1.29 is 5.11 Å². The van der Waals surface area contributed by atoms with Gasteiger partial charge in [0.25, 0.3) is 0 Å². The van der Waals surface area contributed by atoms with Gasteiger partial charge in [0.05, 0.1) is 6.61 Å². The van der Waals surface area contributed by atoms with E-state index >= 15 is 0 Å². The third kappa shape index (κ3) is 2.71. The molecule has 0 aliphatic rings. The first kappa shape index (κ1) is 13.5. The van der Waals surface area contributed by atoms with Crippen LogP contribution in [0.1, 0.15) is 11.1 Å². The first-order valence-corrected chi connectivity index (χ1v) is 6.87. The van der Waals surface area contributed by atoms with Crippen molar-refractivity contribution in [1.29, 1.82) is 0 Å². The van der Waals surface area contributed by atoms with Gasteiger partial charge in [0.15, 0.2) is 0 Å². The van der Waals surface area contributed by atoms with Crippen LogP contribution in [0.2, 0.25) is 0 Å². The van der Waals surface area contributed by atoms with Crippen molar-refractivity contribution in [3.05, 3.63) is 66.1 Å². The summed E-state index contributed by atoms with van der Waals surface area (Å²) in [7, 11) is 2.02. The number of hydrogen-bond donors (Lipinski definition) is 1. The van der Waals surface area contributed by atoms with E-state index in [1.807, 2.05) is 43.4 Å². The summed E-state index contributed by atoms with van der Waals surface area (Å²) in [5.41, 5.74) is 2.04. The Morgan fingerprint density at radius 3 is 2.48 bits per heavy atom. The van der Waals surface area contributed by atoms with Crippen LogP contribution in [-0.2, 0) is 13.2 Å². The van der Waals surface area contributed by atoms with Crippen molar-refractivity contribution in [3.63, 3.8) is 0 Å². The number of anilines is 1. The van der Waals surface area contributed by atoms with E-state index in [0.717, 1.165) is 28.7 Å². The molecule has 21 heavy (non-hydrogen) atoms. The lowest BCUT2D eigenvalue weighted by molar-refractivity contribution is 0.283. The van der Waals surface area contributed by atoms with E-state index in [9.17, 15) is 5.11 Å². The maximum atomic E-state index is 9.44. The molecule has 1 aromatic carbocycles. The molecule has 0 radical (unpaired) electrons. The smallest absolute Gasteiger partial charge is 0.136 e. The second-order valence-electron chi connectivity index (χ2n) is 5.02. The Morgan fingerprint density at radius 1 is 1.05 bits per heavy atom. The quantitative estimate of drug-likeness (QED) is 0.798. The van der Waals surface area contributed by atoms with E-state index in [4.69, 9.17) is 0 Å². The number of aromatic nitrogens is 2.